The zero-order chi connectivity index (χ0) is 14.1. The van der Waals surface area contributed by atoms with Crippen molar-refractivity contribution in [2.45, 2.75) is 38.4 Å². The van der Waals surface area contributed by atoms with Gasteiger partial charge in [-0.1, -0.05) is 12.1 Å². The monoisotopic (exact) mass is 273 g/mol. The largest absolute Gasteiger partial charge is 0.378 e. The predicted molar refractivity (Wildman–Crippen MR) is 85.2 cm³/mol. The summed E-state index contributed by atoms with van der Waals surface area (Å²) < 4.78 is 0. The maximum Gasteiger partial charge on any atom is 0.0361 e. The normalized spacial score (nSPS) is 27.6. The van der Waals surface area contributed by atoms with Gasteiger partial charge in [-0.15, -0.1) is 0 Å². The van der Waals surface area contributed by atoms with Crippen molar-refractivity contribution in [2.24, 2.45) is 0 Å². The molecule has 2 heterocycles. The van der Waals surface area contributed by atoms with Crippen LogP contribution < -0.4 is 4.90 Å². The Morgan fingerprint density at radius 2 is 1.85 bits per heavy atom. The summed E-state index contributed by atoms with van der Waals surface area (Å²) in [4.78, 5) is 7.51. The highest BCUT2D eigenvalue weighted by molar-refractivity contribution is 5.45. The summed E-state index contributed by atoms with van der Waals surface area (Å²) in [5.41, 5.74) is 2.72. The van der Waals surface area contributed by atoms with Gasteiger partial charge in [0.2, 0.25) is 0 Å². The van der Waals surface area contributed by atoms with Gasteiger partial charge < -0.3 is 4.90 Å². The Balaban J connectivity index is 1.65. The fourth-order valence-corrected chi connectivity index (χ4v) is 3.74. The summed E-state index contributed by atoms with van der Waals surface area (Å²) in [5.74, 6) is 0. The molecule has 0 amide bonds. The molecule has 1 aromatic carbocycles. The molecule has 3 rings (SSSR count). The van der Waals surface area contributed by atoms with Crippen molar-refractivity contribution in [2.75, 3.05) is 38.6 Å². The van der Waals surface area contributed by atoms with Gasteiger partial charge in [-0.25, -0.2) is 0 Å². The molecular formula is C17H27N3. The van der Waals surface area contributed by atoms with Crippen molar-refractivity contribution in [3.8, 4) is 0 Å². The van der Waals surface area contributed by atoms with Gasteiger partial charge in [0.1, 0.15) is 0 Å². The molecule has 0 aliphatic carbocycles. The molecule has 2 fully saturated rings. The number of hydrogen-bond acceptors (Lipinski definition) is 3. The maximum absolute atomic E-state index is 2.69. The van der Waals surface area contributed by atoms with E-state index in [-0.39, 0.29) is 0 Å². The molecule has 3 heteroatoms. The summed E-state index contributed by atoms with van der Waals surface area (Å²) >= 11 is 0. The Bertz CT molecular complexity index is 440. The first-order valence-electron chi connectivity index (χ1n) is 7.89. The molecule has 1 aromatic rings. The number of benzene rings is 1. The second kappa shape index (κ2) is 5.74. The van der Waals surface area contributed by atoms with Gasteiger partial charge in [0.25, 0.3) is 0 Å². The Labute approximate surface area is 123 Å². The molecular weight excluding hydrogens is 246 g/mol. The minimum atomic E-state index is 0.694. The standard InChI is InChI=1S/C17H27N3/c1-14-17-5-4-10-19(17)11-12-20(14)13-15-6-8-16(9-7-15)18(2)3/h6-9,14,17H,4-5,10-13H2,1-3H3. The zero-order valence-corrected chi connectivity index (χ0v) is 13.0. The number of rotatable bonds is 3. The van der Waals surface area contributed by atoms with Crippen LogP contribution in [-0.4, -0.2) is 55.6 Å². The van der Waals surface area contributed by atoms with E-state index < -0.39 is 0 Å². The lowest BCUT2D eigenvalue weighted by Crippen LogP contribution is -2.55. The Morgan fingerprint density at radius 3 is 2.55 bits per heavy atom. The summed E-state index contributed by atoms with van der Waals surface area (Å²) in [6, 6.07) is 10.5. The average molecular weight is 273 g/mol. The Hall–Kier alpha value is -1.06. The molecule has 2 aliphatic heterocycles. The summed E-state index contributed by atoms with van der Waals surface area (Å²) in [6.07, 6.45) is 2.78. The van der Waals surface area contributed by atoms with E-state index in [1.807, 2.05) is 0 Å². The first kappa shape index (κ1) is 13.9. The third-order valence-corrected chi connectivity index (χ3v) is 5.06. The number of piperazine rings is 1. The van der Waals surface area contributed by atoms with Crippen molar-refractivity contribution in [3.63, 3.8) is 0 Å². The van der Waals surface area contributed by atoms with Gasteiger partial charge in [0.05, 0.1) is 0 Å². The third kappa shape index (κ3) is 2.70. The van der Waals surface area contributed by atoms with Gasteiger partial charge >= 0.3 is 0 Å². The van der Waals surface area contributed by atoms with E-state index in [4.69, 9.17) is 0 Å². The van der Waals surface area contributed by atoms with Crippen LogP contribution in [0.2, 0.25) is 0 Å². The molecule has 2 aliphatic rings. The smallest absolute Gasteiger partial charge is 0.0361 e. The van der Waals surface area contributed by atoms with Crippen LogP contribution in [0, 0.1) is 0 Å². The van der Waals surface area contributed by atoms with E-state index in [1.165, 1.54) is 43.7 Å². The maximum atomic E-state index is 2.69. The van der Waals surface area contributed by atoms with Crippen molar-refractivity contribution in [1.82, 2.24) is 9.80 Å². The van der Waals surface area contributed by atoms with E-state index in [1.54, 1.807) is 0 Å². The van der Waals surface area contributed by atoms with Crippen molar-refractivity contribution >= 4 is 5.69 Å². The molecule has 0 bridgehead atoms. The molecule has 20 heavy (non-hydrogen) atoms. The van der Waals surface area contributed by atoms with Crippen LogP contribution in [-0.2, 0) is 6.54 Å². The predicted octanol–water partition coefficient (Wildman–Crippen LogP) is 2.42. The van der Waals surface area contributed by atoms with Crippen LogP contribution in [0.15, 0.2) is 24.3 Å². The van der Waals surface area contributed by atoms with E-state index in [2.05, 4.69) is 60.0 Å². The van der Waals surface area contributed by atoms with Gasteiger partial charge in [0, 0.05) is 51.5 Å². The number of nitrogens with zero attached hydrogens (tertiary/aromatic N) is 3. The van der Waals surface area contributed by atoms with E-state index in [9.17, 15) is 0 Å². The van der Waals surface area contributed by atoms with Crippen LogP contribution >= 0.6 is 0 Å². The lowest BCUT2D eigenvalue weighted by molar-refractivity contribution is 0.0470. The molecule has 3 nitrogen and oxygen atoms in total. The fourth-order valence-electron chi connectivity index (χ4n) is 3.74. The van der Waals surface area contributed by atoms with E-state index in [0.29, 0.717) is 6.04 Å². The van der Waals surface area contributed by atoms with Crippen LogP contribution in [0.4, 0.5) is 5.69 Å². The molecule has 0 saturated carbocycles. The molecule has 0 spiro atoms. The highest BCUT2D eigenvalue weighted by Gasteiger charge is 2.36. The molecule has 2 atom stereocenters. The van der Waals surface area contributed by atoms with Crippen LogP contribution in [0.25, 0.3) is 0 Å². The van der Waals surface area contributed by atoms with Gasteiger partial charge in [0.15, 0.2) is 0 Å². The molecule has 0 radical (unpaired) electrons. The average Bonchev–Trinajstić information content (AvgIpc) is 2.92. The minimum Gasteiger partial charge on any atom is -0.378 e. The van der Waals surface area contributed by atoms with Crippen molar-refractivity contribution < 1.29 is 0 Å². The van der Waals surface area contributed by atoms with Gasteiger partial charge in [-0.05, 0) is 44.0 Å². The molecule has 110 valence electrons. The van der Waals surface area contributed by atoms with Crippen molar-refractivity contribution in [3.05, 3.63) is 29.8 Å². The number of anilines is 1. The molecule has 0 N–H and O–H groups in total. The highest BCUT2D eigenvalue weighted by Crippen LogP contribution is 2.27. The van der Waals surface area contributed by atoms with Crippen LogP contribution in [0.1, 0.15) is 25.3 Å². The minimum absolute atomic E-state index is 0.694. The fraction of sp³-hybridized carbons (Fsp3) is 0.647. The lowest BCUT2D eigenvalue weighted by Gasteiger charge is -2.43. The zero-order valence-electron chi connectivity index (χ0n) is 13.0. The van der Waals surface area contributed by atoms with Crippen LogP contribution in [0.3, 0.4) is 0 Å². The number of hydrogen-bond donors (Lipinski definition) is 0. The topological polar surface area (TPSA) is 9.72 Å². The summed E-state index contributed by atoms with van der Waals surface area (Å²) in [5, 5.41) is 0. The van der Waals surface area contributed by atoms with Gasteiger partial charge in [-0.2, -0.15) is 0 Å². The van der Waals surface area contributed by atoms with Crippen LogP contribution in [0.5, 0.6) is 0 Å². The Kier molecular flexibility index (Phi) is 3.99. The first-order chi connectivity index (χ1) is 9.65. The number of fused-ring (bicyclic) bond motifs is 1. The van der Waals surface area contributed by atoms with E-state index in [0.717, 1.165) is 12.6 Å². The van der Waals surface area contributed by atoms with E-state index >= 15 is 0 Å². The quantitative estimate of drug-likeness (QED) is 0.837. The lowest BCUT2D eigenvalue weighted by atomic mass is 10.0. The summed E-state index contributed by atoms with van der Waals surface area (Å²) in [6.45, 7) is 7.30. The molecule has 0 aromatic heterocycles. The third-order valence-electron chi connectivity index (χ3n) is 5.06. The Morgan fingerprint density at radius 1 is 1.10 bits per heavy atom. The molecule has 2 saturated heterocycles. The first-order valence-corrected chi connectivity index (χ1v) is 7.89. The SMILES string of the molecule is CC1C2CCCN2CCN1Cc1ccc(N(C)C)cc1. The summed E-state index contributed by atoms with van der Waals surface area (Å²) in [7, 11) is 4.19. The van der Waals surface area contributed by atoms with Gasteiger partial charge in [-0.3, -0.25) is 9.80 Å². The highest BCUT2D eigenvalue weighted by atomic mass is 15.3. The molecule has 2 unspecified atom stereocenters. The van der Waals surface area contributed by atoms with Crippen molar-refractivity contribution in [1.29, 1.82) is 0 Å². The second-order valence-corrected chi connectivity index (χ2v) is 6.52. The second-order valence-electron chi connectivity index (χ2n) is 6.52.